The second kappa shape index (κ2) is 8.66. The quantitative estimate of drug-likeness (QED) is 0.359. The zero-order valence-corrected chi connectivity index (χ0v) is 18.4. The molecule has 2 heterocycles. The topological polar surface area (TPSA) is 106 Å². The number of fused-ring (bicyclic) bond motifs is 1. The molecule has 0 spiro atoms. The Morgan fingerprint density at radius 3 is 2.63 bits per heavy atom. The number of nitrogens with zero attached hydrogens (tertiary/aromatic N) is 3. The Hall–Kier alpha value is -3.99. The van der Waals surface area contributed by atoms with E-state index in [0.29, 0.717) is 29.0 Å². The van der Waals surface area contributed by atoms with E-state index in [9.17, 15) is 27.5 Å². The number of anilines is 2. The van der Waals surface area contributed by atoms with Crippen molar-refractivity contribution in [3.05, 3.63) is 76.6 Å². The number of halogens is 4. The number of carbonyl (C=O) groups excluding carboxylic acids is 1. The minimum atomic E-state index is -4.87. The predicted octanol–water partition coefficient (Wildman–Crippen LogP) is 4.73. The molecule has 2 aromatic carbocycles. The van der Waals surface area contributed by atoms with Gasteiger partial charge in [0.2, 0.25) is 0 Å². The molecule has 0 fully saturated rings. The number of aliphatic hydroxyl groups excluding tert-OH is 1. The first-order chi connectivity index (χ1) is 17.6. The summed E-state index contributed by atoms with van der Waals surface area (Å²) in [5, 5.41) is 12.7. The van der Waals surface area contributed by atoms with E-state index in [1.807, 2.05) is 0 Å². The van der Waals surface area contributed by atoms with Crippen LogP contribution in [0.15, 0.2) is 42.6 Å². The molecule has 1 amide bonds. The lowest BCUT2D eigenvalue weighted by Gasteiger charge is -2.15. The molecule has 7 nitrogen and oxygen atoms in total. The second-order valence-corrected chi connectivity index (χ2v) is 7.95. The highest BCUT2D eigenvalue weighted by atomic mass is 19.4. The number of nitrogens with one attached hydrogen (secondary N) is 1. The van der Waals surface area contributed by atoms with Gasteiger partial charge in [-0.2, -0.15) is 13.2 Å². The molecule has 35 heavy (non-hydrogen) atoms. The minimum absolute atomic E-state index is 0.0572. The Morgan fingerprint density at radius 1 is 1.23 bits per heavy atom. The zero-order chi connectivity index (χ0) is 28.2. The number of nitrogens with two attached hydrogens (primary N) is 1. The Kier molecular flexibility index (Phi) is 5.04. The number of aromatic nitrogens is 3. The largest absolute Gasteiger partial charge is 0.416 e. The summed E-state index contributed by atoms with van der Waals surface area (Å²) >= 11 is 0. The van der Waals surface area contributed by atoms with Crippen LogP contribution in [0.25, 0.3) is 16.8 Å². The van der Waals surface area contributed by atoms with Gasteiger partial charge in [-0.05, 0) is 62.2 Å². The van der Waals surface area contributed by atoms with Crippen molar-refractivity contribution < 1.29 is 31.6 Å². The fourth-order valence-electron chi connectivity index (χ4n) is 3.77. The summed E-state index contributed by atoms with van der Waals surface area (Å²) in [6.07, 6.45) is -5.52. The van der Waals surface area contributed by atoms with Crippen molar-refractivity contribution in [2.45, 2.75) is 33.0 Å². The van der Waals surface area contributed by atoms with Gasteiger partial charge in [0.15, 0.2) is 6.10 Å². The van der Waals surface area contributed by atoms with Gasteiger partial charge in [0.1, 0.15) is 28.7 Å². The molecule has 1 unspecified atom stereocenters. The third-order valence-electron chi connectivity index (χ3n) is 5.42. The fourth-order valence-corrected chi connectivity index (χ4v) is 3.77. The summed E-state index contributed by atoms with van der Waals surface area (Å²) < 4.78 is 77.7. The second-order valence-electron chi connectivity index (χ2n) is 7.95. The predicted molar refractivity (Wildman–Crippen MR) is 122 cm³/mol. The van der Waals surface area contributed by atoms with Gasteiger partial charge in [0, 0.05) is 27.3 Å². The molecular formula is C24H21F4N5O2. The van der Waals surface area contributed by atoms with E-state index < -0.39 is 42.0 Å². The molecule has 0 radical (unpaired) electrons. The van der Waals surface area contributed by atoms with Gasteiger partial charge in [-0.15, -0.1) is 0 Å². The van der Waals surface area contributed by atoms with Crippen molar-refractivity contribution in [2.75, 3.05) is 11.1 Å². The van der Waals surface area contributed by atoms with Crippen LogP contribution >= 0.6 is 0 Å². The van der Waals surface area contributed by atoms with Gasteiger partial charge < -0.3 is 16.2 Å². The molecule has 0 aliphatic rings. The van der Waals surface area contributed by atoms with Gasteiger partial charge in [0.05, 0.1) is 5.56 Å². The van der Waals surface area contributed by atoms with Crippen LogP contribution in [0.5, 0.6) is 0 Å². The molecule has 11 heteroatoms. The highest BCUT2D eigenvalue weighted by Crippen LogP contribution is 2.34. The summed E-state index contributed by atoms with van der Waals surface area (Å²) in [4.78, 5) is 21.0. The molecule has 182 valence electrons. The zero-order valence-electron chi connectivity index (χ0n) is 21.4. The van der Waals surface area contributed by atoms with Crippen molar-refractivity contribution in [2.24, 2.45) is 0 Å². The lowest BCUT2D eigenvalue weighted by atomic mass is 10.0. The number of carbonyl (C=O) groups is 1. The van der Waals surface area contributed by atoms with Crippen molar-refractivity contribution in [3.8, 4) is 11.3 Å². The molecule has 0 saturated heterocycles. The van der Waals surface area contributed by atoms with Gasteiger partial charge in [-0.3, -0.25) is 9.20 Å². The minimum Gasteiger partial charge on any atom is -0.382 e. The molecule has 0 aliphatic heterocycles. The average Bonchev–Trinajstić information content (AvgIpc) is 3.22. The molecule has 2 aromatic heterocycles. The maximum Gasteiger partial charge on any atom is 0.416 e. The maximum absolute atomic E-state index is 13.7. The van der Waals surface area contributed by atoms with Gasteiger partial charge >= 0.3 is 6.18 Å². The van der Waals surface area contributed by atoms with Crippen LogP contribution in [0.4, 0.5) is 29.1 Å². The summed E-state index contributed by atoms with van der Waals surface area (Å²) in [5.74, 6) is -2.49. The number of alkyl halides is 3. The van der Waals surface area contributed by atoms with Crippen LogP contribution in [0, 0.1) is 26.5 Å². The number of nitrogen functional groups attached to an aromatic ring is 1. The summed E-state index contributed by atoms with van der Waals surface area (Å²) in [7, 11) is 0. The Balaban J connectivity index is 1.68. The normalized spacial score (nSPS) is 14.3. The monoisotopic (exact) mass is 490 g/mol. The fraction of sp³-hybridized carbons (Fsp3) is 0.208. The lowest BCUT2D eigenvalue weighted by molar-refractivity contribution is -0.138. The van der Waals surface area contributed by atoms with Crippen LogP contribution in [-0.2, 0) is 11.0 Å². The smallest absolute Gasteiger partial charge is 0.382 e. The van der Waals surface area contributed by atoms with E-state index in [4.69, 9.17) is 9.85 Å². The molecule has 4 aromatic rings. The first-order valence-electron chi connectivity index (χ1n) is 11.7. The van der Waals surface area contributed by atoms with Crippen LogP contribution in [0.2, 0.25) is 0 Å². The number of hydrogen-bond donors (Lipinski definition) is 3. The SMILES string of the molecule is [2H]C([2H])([2H])c1nc(-c2ccc(NC(=O)C(O)c3cc(F)cc(C(F)(F)F)c3)cc2C)c2c(N)ncc(C)n12. The van der Waals surface area contributed by atoms with E-state index in [1.54, 1.807) is 13.8 Å². The Bertz CT molecular complexity index is 1570. The van der Waals surface area contributed by atoms with Crippen molar-refractivity contribution in [1.82, 2.24) is 14.4 Å². The molecular weight excluding hydrogens is 466 g/mol. The van der Waals surface area contributed by atoms with Crippen molar-refractivity contribution in [3.63, 3.8) is 0 Å². The summed E-state index contributed by atoms with van der Waals surface area (Å²) in [6.45, 7) is 0.761. The third-order valence-corrected chi connectivity index (χ3v) is 5.42. The number of aryl methyl sites for hydroxylation is 3. The molecule has 0 saturated carbocycles. The first kappa shape index (κ1) is 20.4. The summed E-state index contributed by atoms with van der Waals surface area (Å²) in [6, 6.07) is 5.85. The lowest BCUT2D eigenvalue weighted by Crippen LogP contribution is -2.21. The van der Waals surface area contributed by atoms with Crippen molar-refractivity contribution in [1.29, 1.82) is 0 Å². The number of imidazole rings is 1. The molecule has 4 rings (SSSR count). The van der Waals surface area contributed by atoms with E-state index in [1.165, 1.54) is 28.8 Å². The molecule has 0 aliphatic carbocycles. The number of rotatable bonds is 4. The highest BCUT2D eigenvalue weighted by Gasteiger charge is 2.32. The highest BCUT2D eigenvalue weighted by molar-refractivity contribution is 5.95. The van der Waals surface area contributed by atoms with Crippen LogP contribution in [0.1, 0.15) is 38.4 Å². The van der Waals surface area contributed by atoms with E-state index in [2.05, 4.69) is 15.3 Å². The molecule has 0 bridgehead atoms. The Labute approximate surface area is 201 Å². The van der Waals surface area contributed by atoms with Gasteiger partial charge in [0.25, 0.3) is 5.91 Å². The number of hydrogen-bond acceptors (Lipinski definition) is 5. The Morgan fingerprint density at radius 2 is 1.97 bits per heavy atom. The van der Waals surface area contributed by atoms with Crippen LogP contribution < -0.4 is 11.1 Å². The van der Waals surface area contributed by atoms with Crippen LogP contribution in [0.3, 0.4) is 0 Å². The average molecular weight is 490 g/mol. The first-order valence-corrected chi connectivity index (χ1v) is 10.2. The number of amides is 1. The van der Waals surface area contributed by atoms with Crippen molar-refractivity contribution >= 4 is 22.9 Å². The van der Waals surface area contributed by atoms with Crippen LogP contribution in [-0.4, -0.2) is 25.4 Å². The molecule has 4 N–H and O–H groups in total. The standard InChI is InChI=1S/C24H21F4N5O2/c1-11-6-17(32-23(35)21(34)14-7-15(24(26,27)28)9-16(25)8-14)4-5-18(11)19-20-22(29)30-10-12(2)33(20)13(3)31-19/h4-10,21,34H,1-3H3,(H2,29,30)(H,32,35)/i3D3. The van der Waals surface area contributed by atoms with E-state index in [-0.39, 0.29) is 34.6 Å². The van der Waals surface area contributed by atoms with Gasteiger partial charge in [-0.25, -0.2) is 14.4 Å². The van der Waals surface area contributed by atoms with E-state index >= 15 is 0 Å². The molecule has 1 atom stereocenters. The maximum atomic E-state index is 13.7. The van der Waals surface area contributed by atoms with Gasteiger partial charge in [-0.1, -0.05) is 6.07 Å². The number of benzene rings is 2. The summed E-state index contributed by atoms with van der Waals surface area (Å²) in [5.41, 5.74) is 6.38. The number of aliphatic hydroxyl groups is 1. The third kappa shape index (κ3) is 4.54. The van der Waals surface area contributed by atoms with E-state index in [0.717, 1.165) is 0 Å².